The van der Waals surface area contributed by atoms with Crippen molar-refractivity contribution in [2.45, 2.75) is 25.4 Å². The van der Waals surface area contributed by atoms with Crippen molar-refractivity contribution < 1.29 is 4.79 Å². The van der Waals surface area contributed by atoms with Crippen LogP contribution in [-0.4, -0.2) is 48.9 Å². The topological polar surface area (TPSA) is 49.6 Å². The highest BCUT2D eigenvalue weighted by Crippen LogP contribution is 2.26. The van der Waals surface area contributed by atoms with E-state index in [0.717, 1.165) is 18.7 Å². The van der Waals surface area contributed by atoms with Gasteiger partial charge in [0, 0.05) is 19.1 Å². The molecule has 1 aliphatic heterocycles. The van der Waals surface area contributed by atoms with Crippen molar-refractivity contribution in [2.24, 2.45) is 11.7 Å². The van der Waals surface area contributed by atoms with Gasteiger partial charge in [0.05, 0.1) is 0 Å². The molecule has 0 spiro atoms. The molecule has 0 aliphatic carbocycles. The molecule has 20 heavy (non-hydrogen) atoms. The quantitative estimate of drug-likeness (QED) is 0.904. The predicted molar refractivity (Wildman–Crippen MR) is 81.2 cm³/mol. The largest absolute Gasteiger partial charge is 0.339 e. The van der Waals surface area contributed by atoms with Crippen LogP contribution in [0.25, 0.3) is 0 Å². The number of rotatable bonds is 3. The van der Waals surface area contributed by atoms with Crippen LogP contribution in [0.3, 0.4) is 0 Å². The Morgan fingerprint density at radius 3 is 2.40 bits per heavy atom. The van der Waals surface area contributed by atoms with Gasteiger partial charge in [0.25, 0.3) is 0 Å². The molecule has 4 heteroatoms. The van der Waals surface area contributed by atoms with Gasteiger partial charge in [-0.25, -0.2) is 0 Å². The molecule has 2 N–H and O–H groups in total. The van der Waals surface area contributed by atoms with Crippen molar-refractivity contribution >= 4 is 5.91 Å². The molecular weight excluding hydrogens is 250 g/mol. The molecule has 1 aromatic rings. The van der Waals surface area contributed by atoms with E-state index >= 15 is 0 Å². The lowest BCUT2D eigenvalue weighted by atomic mass is 9.92. The number of carbonyl (C=O) groups is 1. The van der Waals surface area contributed by atoms with E-state index in [4.69, 9.17) is 5.73 Å². The van der Waals surface area contributed by atoms with E-state index < -0.39 is 5.54 Å². The van der Waals surface area contributed by atoms with Crippen LogP contribution < -0.4 is 5.73 Å². The van der Waals surface area contributed by atoms with Crippen LogP contribution >= 0.6 is 0 Å². The van der Waals surface area contributed by atoms with Gasteiger partial charge < -0.3 is 15.5 Å². The molecule has 3 unspecified atom stereocenters. The number of likely N-dealkylation sites (N-methyl/N-ethyl adjacent to an activating group) is 1. The van der Waals surface area contributed by atoms with Gasteiger partial charge in [0.2, 0.25) is 5.91 Å². The zero-order valence-electron chi connectivity index (χ0n) is 12.8. The Balaban J connectivity index is 2.16. The molecular formula is C16H25N3O. The standard InChI is InChI=1S/C16H25N3O/c1-12-10-19(11-14(12)18(3)4)15(20)16(2,17)13-8-6-5-7-9-13/h5-9,12,14H,10-11,17H2,1-4H3. The van der Waals surface area contributed by atoms with Gasteiger partial charge in [-0.3, -0.25) is 4.79 Å². The SMILES string of the molecule is CC1CN(C(=O)C(C)(N)c2ccccc2)CC1N(C)C. The molecule has 4 nitrogen and oxygen atoms in total. The van der Waals surface area contributed by atoms with Crippen molar-refractivity contribution in [1.29, 1.82) is 0 Å². The molecule has 1 aromatic carbocycles. The van der Waals surface area contributed by atoms with E-state index in [-0.39, 0.29) is 5.91 Å². The smallest absolute Gasteiger partial charge is 0.247 e. The van der Waals surface area contributed by atoms with Crippen molar-refractivity contribution in [2.75, 3.05) is 27.2 Å². The van der Waals surface area contributed by atoms with E-state index in [0.29, 0.717) is 12.0 Å². The zero-order chi connectivity index (χ0) is 14.9. The molecule has 0 aromatic heterocycles. The molecule has 1 amide bonds. The first-order valence-corrected chi connectivity index (χ1v) is 7.14. The summed E-state index contributed by atoms with van der Waals surface area (Å²) in [5.41, 5.74) is 6.23. The molecule has 1 fully saturated rings. The number of nitrogens with zero attached hydrogens (tertiary/aromatic N) is 2. The lowest BCUT2D eigenvalue weighted by Crippen LogP contribution is -2.50. The van der Waals surface area contributed by atoms with Crippen molar-refractivity contribution in [3.05, 3.63) is 35.9 Å². The first kappa shape index (κ1) is 15.0. The Kier molecular flexibility index (Phi) is 4.16. The van der Waals surface area contributed by atoms with Gasteiger partial charge in [-0.15, -0.1) is 0 Å². The number of hydrogen-bond acceptors (Lipinski definition) is 3. The van der Waals surface area contributed by atoms with Gasteiger partial charge >= 0.3 is 0 Å². The number of amides is 1. The molecule has 1 heterocycles. The number of nitrogens with two attached hydrogens (primary N) is 1. The second kappa shape index (κ2) is 5.54. The average molecular weight is 275 g/mol. The summed E-state index contributed by atoms with van der Waals surface area (Å²) < 4.78 is 0. The molecule has 1 saturated heterocycles. The monoisotopic (exact) mass is 275 g/mol. The van der Waals surface area contributed by atoms with Gasteiger partial charge in [-0.1, -0.05) is 37.3 Å². The van der Waals surface area contributed by atoms with E-state index in [1.165, 1.54) is 0 Å². The Labute approximate surface area is 121 Å². The Morgan fingerprint density at radius 2 is 1.90 bits per heavy atom. The number of hydrogen-bond donors (Lipinski definition) is 1. The van der Waals surface area contributed by atoms with Crippen LogP contribution in [0.15, 0.2) is 30.3 Å². The summed E-state index contributed by atoms with van der Waals surface area (Å²) in [5.74, 6) is 0.487. The van der Waals surface area contributed by atoms with Gasteiger partial charge in [-0.2, -0.15) is 0 Å². The first-order chi connectivity index (χ1) is 9.34. The zero-order valence-corrected chi connectivity index (χ0v) is 12.8. The highest BCUT2D eigenvalue weighted by Gasteiger charge is 2.40. The second-order valence-corrected chi connectivity index (χ2v) is 6.29. The molecule has 2 rings (SSSR count). The minimum absolute atomic E-state index is 0.0138. The molecule has 0 bridgehead atoms. The summed E-state index contributed by atoms with van der Waals surface area (Å²) in [6, 6.07) is 10.0. The van der Waals surface area contributed by atoms with E-state index in [1.54, 1.807) is 6.92 Å². The summed E-state index contributed by atoms with van der Waals surface area (Å²) in [6.07, 6.45) is 0. The summed E-state index contributed by atoms with van der Waals surface area (Å²) in [7, 11) is 4.13. The maximum Gasteiger partial charge on any atom is 0.247 e. The third-order valence-electron chi connectivity index (χ3n) is 4.34. The van der Waals surface area contributed by atoms with Crippen LogP contribution in [0.5, 0.6) is 0 Å². The third-order valence-corrected chi connectivity index (χ3v) is 4.34. The Morgan fingerprint density at radius 1 is 1.30 bits per heavy atom. The Bertz CT molecular complexity index is 470. The van der Waals surface area contributed by atoms with Gasteiger partial charge in [-0.05, 0) is 32.5 Å². The van der Waals surface area contributed by atoms with Gasteiger partial charge in [0.1, 0.15) is 5.54 Å². The molecule has 1 aliphatic rings. The fraction of sp³-hybridized carbons (Fsp3) is 0.562. The minimum Gasteiger partial charge on any atom is -0.339 e. The Hall–Kier alpha value is -1.39. The summed E-state index contributed by atoms with van der Waals surface area (Å²) in [4.78, 5) is 16.9. The lowest BCUT2D eigenvalue weighted by molar-refractivity contribution is -0.135. The van der Waals surface area contributed by atoms with Crippen LogP contribution in [-0.2, 0) is 10.3 Å². The van der Waals surface area contributed by atoms with Crippen LogP contribution in [0, 0.1) is 5.92 Å². The first-order valence-electron chi connectivity index (χ1n) is 7.14. The van der Waals surface area contributed by atoms with Crippen molar-refractivity contribution in [3.8, 4) is 0 Å². The summed E-state index contributed by atoms with van der Waals surface area (Å²) >= 11 is 0. The van der Waals surface area contributed by atoms with E-state index in [9.17, 15) is 4.79 Å². The maximum atomic E-state index is 12.8. The van der Waals surface area contributed by atoms with Crippen molar-refractivity contribution in [1.82, 2.24) is 9.80 Å². The number of benzene rings is 1. The molecule has 110 valence electrons. The number of carbonyl (C=O) groups excluding carboxylic acids is 1. The third kappa shape index (κ3) is 2.72. The fourth-order valence-corrected chi connectivity index (χ4v) is 3.02. The molecule has 0 saturated carbocycles. The summed E-state index contributed by atoms with van der Waals surface area (Å²) in [6.45, 7) is 5.53. The second-order valence-electron chi connectivity index (χ2n) is 6.29. The van der Waals surface area contributed by atoms with Crippen LogP contribution in [0.2, 0.25) is 0 Å². The number of likely N-dealkylation sites (tertiary alicyclic amines) is 1. The average Bonchev–Trinajstić information content (AvgIpc) is 2.81. The van der Waals surface area contributed by atoms with Crippen LogP contribution in [0.4, 0.5) is 0 Å². The maximum absolute atomic E-state index is 12.8. The normalized spacial score (nSPS) is 25.8. The van der Waals surface area contributed by atoms with Gasteiger partial charge in [0.15, 0.2) is 0 Å². The van der Waals surface area contributed by atoms with Crippen molar-refractivity contribution in [3.63, 3.8) is 0 Å². The summed E-state index contributed by atoms with van der Waals surface area (Å²) in [5, 5.41) is 0. The fourth-order valence-electron chi connectivity index (χ4n) is 3.02. The molecule has 0 radical (unpaired) electrons. The highest BCUT2D eigenvalue weighted by atomic mass is 16.2. The lowest BCUT2D eigenvalue weighted by Gasteiger charge is -2.30. The highest BCUT2D eigenvalue weighted by molar-refractivity contribution is 5.87. The minimum atomic E-state index is -0.956. The van der Waals surface area contributed by atoms with E-state index in [2.05, 4.69) is 25.9 Å². The predicted octanol–water partition coefficient (Wildman–Crippen LogP) is 1.27. The van der Waals surface area contributed by atoms with E-state index in [1.807, 2.05) is 35.2 Å². The molecule has 3 atom stereocenters. The van der Waals surface area contributed by atoms with Crippen LogP contribution in [0.1, 0.15) is 19.4 Å².